The van der Waals surface area contributed by atoms with Crippen LogP contribution in [0.2, 0.25) is 0 Å². The molecule has 1 heterocycles. The van der Waals surface area contributed by atoms with E-state index in [0.29, 0.717) is 0 Å². The van der Waals surface area contributed by atoms with E-state index in [1.54, 1.807) is 0 Å². The summed E-state index contributed by atoms with van der Waals surface area (Å²) < 4.78 is 1.46. The monoisotopic (exact) mass is 97.1 g/mol. The van der Waals surface area contributed by atoms with E-state index in [2.05, 4.69) is 0 Å². The summed E-state index contributed by atoms with van der Waals surface area (Å²) in [6.45, 7) is 0.899. The predicted molar refractivity (Wildman–Crippen MR) is 26.2 cm³/mol. The van der Waals surface area contributed by atoms with Gasteiger partial charge in [-0.25, -0.2) is 0 Å². The minimum atomic E-state index is 0.899. The van der Waals surface area contributed by atoms with Gasteiger partial charge in [-0.2, -0.15) is 0 Å². The Kier molecular flexibility index (Phi) is 1.20. The zero-order chi connectivity index (χ0) is 5.11. The molecule has 0 saturated carbocycles. The van der Waals surface area contributed by atoms with Crippen LogP contribution in [-0.2, 0) is 0 Å². The van der Waals surface area contributed by atoms with Gasteiger partial charge >= 0.3 is 0 Å². The number of hydrogen-bond donors (Lipinski definition) is 1. The Balaban J connectivity index is 2.51. The van der Waals surface area contributed by atoms with E-state index in [1.807, 2.05) is 12.3 Å². The van der Waals surface area contributed by atoms with E-state index >= 15 is 0 Å². The quantitative estimate of drug-likeness (QED) is 0.441. The van der Waals surface area contributed by atoms with E-state index in [1.165, 1.54) is 4.70 Å². The lowest BCUT2D eigenvalue weighted by molar-refractivity contribution is -0.554. The zero-order valence-electron chi connectivity index (χ0n) is 4.22. The maximum atomic E-state index is 7.02. The van der Waals surface area contributed by atoms with Crippen molar-refractivity contribution in [3.05, 3.63) is 12.3 Å². The van der Waals surface area contributed by atoms with Crippen molar-refractivity contribution >= 4 is 0 Å². The largest absolute Gasteiger partial charge is 0.191 e. The zero-order valence-corrected chi connectivity index (χ0v) is 4.22. The van der Waals surface area contributed by atoms with Gasteiger partial charge in [0.05, 0.1) is 0 Å². The molecular formula is C5H9N2+. The molecule has 2 heteroatoms. The van der Waals surface area contributed by atoms with E-state index in [0.717, 1.165) is 19.4 Å². The van der Waals surface area contributed by atoms with Gasteiger partial charge in [-0.15, -0.1) is 0 Å². The average Bonchev–Trinajstić information content (AvgIpc) is 1.69. The first kappa shape index (κ1) is 4.50. The van der Waals surface area contributed by atoms with Crippen molar-refractivity contribution in [3.8, 4) is 0 Å². The van der Waals surface area contributed by atoms with Crippen LogP contribution >= 0.6 is 0 Å². The molecule has 2 nitrogen and oxygen atoms in total. The molecule has 0 aliphatic carbocycles. The lowest BCUT2D eigenvalue weighted by Gasteiger charge is -1.94. The third-order valence-electron chi connectivity index (χ3n) is 1.06. The molecule has 7 heavy (non-hydrogen) atoms. The van der Waals surface area contributed by atoms with Gasteiger partial charge in [0.1, 0.15) is 0 Å². The summed E-state index contributed by atoms with van der Waals surface area (Å²) in [5, 5.41) is 0. The fourth-order valence-electron chi connectivity index (χ4n) is 0.656. The van der Waals surface area contributed by atoms with Crippen LogP contribution in [0.3, 0.4) is 0 Å². The van der Waals surface area contributed by atoms with Crippen molar-refractivity contribution in [1.82, 2.24) is 0 Å². The molecule has 0 aromatic rings. The molecule has 0 amide bonds. The summed E-state index contributed by atoms with van der Waals surface area (Å²) in [6, 6.07) is 0. The Labute approximate surface area is 43.0 Å². The summed E-state index contributed by atoms with van der Waals surface area (Å²) in [7, 11) is 0. The number of allylic oxidation sites excluding steroid dienone is 1. The lowest BCUT2D eigenvalue weighted by Crippen LogP contribution is -2.04. The molecule has 0 radical (unpaired) electrons. The highest BCUT2D eigenvalue weighted by Gasteiger charge is 2.01. The summed E-state index contributed by atoms with van der Waals surface area (Å²) in [6.07, 6.45) is 6.12. The van der Waals surface area contributed by atoms with Gasteiger partial charge in [-0.1, -0.05) is 10.2 Å². The van der Waals surface area contributed by atoms with Crippen LogP contribution in [0.4, 0.5) is 0 Å². The standard InChI is InChI=1S/C5H9N2/c6-7-4-2-1-3-5-7/h2,4,6H,1,3,5H2/q+1. The van der Waals surface area contributed by atoms with E-state index in [9.17, 15) is 0 Å². The van der Waals surface area contributed by atoms with Crippen LogP contribution in [-0.4, -0.2) is 11.2 Å². The molecule has 0 saturated heterocycles. The predicted octanol–water partition coefficient (Wildman–Crippen LogP) is 1.34. The third kappa shape index (κ3) is 1.11. The molecule has 1 aliphatic heterocycles. The first-order valence-corrected chi connectivity index (χ1v) is 2.54. The van der Waals surface area contributed by atoms with Crippen molar-refractivity contribution in [1.29, 1.82) is 5.53 Å². The van der Waals surface area contributed by atoms with Crippen molar-refractivity contribution in [2.45, 2.75) is 12.8 Å². The number of nitrogens with one attached hydrogen (secondary N) is 1. The molecule has 1 aliphatic rings. The second-order valence-electron chi connectivity index (χ2n) is 1.72. The highest BCUT2D eigenvalue weighted by molar-refractivity contribution is 4.74. The minimum absolute atomic E-state index is 0.899. The topological polar surface area (TPSA) is 26.9 Å². The summed E-state index contributed by atoms with van der Waals surface area (Å²) in [5.41, 5.74) is 7.02. The second-order valence-corrected chi connectivity index (χ2v) is 1.72. The van der Waals surface area contributed by atoms with Gasteiger partial charge < -0.3 is 0 Å². The van der Waals surface area contributed by atoms with E-state index < -0.39 is 0 Å². The first-order valence-electron chi connectivity index (χ1n) is 2.54. The van der Waals surface area contributed by atoms with Crippen molar-refractivity contribution in [2.24, 2.45) is 0 Å². The van der Waals surface area contributed by atoms with Gasteiger partial charge in [0.15, 0.2) is 12.7 Å². The molecule has 1 N–H and O–H groups in total. The Morgan fingerprint density at radius 1 is 1.57 bits per heavy atom. The molecule has 0 fully saturated rings. The summed E-state index contributed by atoms with van der Waals surface area (Å²) in [4.78, 5) is 0. The average molecular weight is 97.1 g/mol. The number of rotatable bonds is 0. The van der Waals surface area contributed by atoms with Gasteiger partial charge in [-0.05, 0) is 12.5 Å². The fraction of sp³-hybridized carbons (Fsp3) is 0.600. The molecule has 1 rings (SSSR count). The number of nitrogens with zero attached hydrogens (tertiary/aromatic N) is 1. The van der Waals surface area contributed by atoms with Crippen molar-refractivity contribution in [3.63, 3.8) is 0 Å². The third-order valence-corrected chi connectivity index (χ3v) is 1.06. The van der Waals surface area contributed by atoms with Gasteiger partial charge in [0.2, 0.25) is 0 Å². The van der Waals surface area contributed by atoms with Crippen LogP contribution in [0.5, 0.6) is 0 Å². The molecule has 0 spiro atoms. The normalized spacial score (nSPS) is 20.3. The van der Waals surface area contributed by atoms with Gasteiger partial charge in [0, 0.05) is 6.42 Å². The lowest BCUT2D eigenvalue weighted by atomic mass is 10.2. The first-order chi connectivity index (χ1) is 3.39. The smallest absolute Gasteiger partial charge is 0.0990 e. The second kappa shape index (κ2) is 1.87. The Morgan fingerprint density at radius 2 is 2.43 bits per heavy atom. The molecule has 0 aromatic heterocycles. The van der Waals surface area contributed by atoms with Crippen LogP contribution in [0.15, 0.2) is 12.3 Å². The summed E-state index contributed by atoms with van der Waals surface area (Å²) in [5.74, 6) is 0. The number of hydrogen-bond acceptors (Lipinski definition) is 1. The Hall–Kier alpha value is -0.660. The SMILES string of the molecule is N=[N+]1C=CCCC1. The molecule has 0 aromatic carbocycles. The maximum absolute atomic E-state index is 7.02. The van der Waals surface area contributed by atoms with E-state index in [4.69, 9.17) is 5.53 Å². The van der Waals surface area contributed by atoms with Gasteiger partial charge in [-0.3, -0.25) is 0 Å². The van der Waals surface area contributed by atoms with Crippen LogP contribution < -0.4 is 0 Å². The molecule has 0 atom stereocenters. The van der Waals surface area contributed by atoms with Crippen molar-refractivity contribution < 1.29 is 4.70 Å². The fourth-order valence-corrected chi connectivity index (χ4v) is 0.656. The van der Waals surface area contributed by atoms with Crippen LogP contribution in [0.1, 0.15) is 12.8 Å². The molecule has 0 bridgehead atoms. The summed E-state index contributed by atoms with van der Waals surface area (Å²) >= 11 is 0. The van der Waals surface area contributed by atoms with Crippen molar-refractivity contribution in [2.75, 3.05) is 6.54 Å². The highest BCUT2D eigenvalue weighted by atomic mass is 15.2. The van der Waals surface area contributed by atoms with Crippen LogP contribution in [0, 0.1) is 5.53 Å². The van der Waals surface area contributed by atoms with E-state index in [-0.39, 0.29) is 0 Å². The molecule has 38 valence electrons. The van der Waals surface area contributed by atoms with Gasteiger partial charge in [0.25, 0.3) is 0 Å². The Morgan fingerprint density at radius 3 is 2.71 bits per heavy atom. The Bertz CT molecular complexity index is 105. The highest BCUT2D eigenvalue weighted by Crippen LogP contribution is 1.97. The molecular weight excluding hydrogens is 88.1 g/mol. The minimum Gasteiger partial charge on any atom is -0.0990 e. The van der Waals surface area contributed by atoms with Crippen LogP contribution in [0.25, 0.3) is 0 Å². The maximum Gasteiger partial charge on any atom is 0.191 e. The molecule has 0 unspecified atom stereocenters.